The van der Waals surface area contributed by atoms with E-state index in [9.17, 15) is 0 Å². The van der Waals surface area contributed by atoms with Crippen LogP contribution in [0.15, 0.2) is 24.3 Å². The number of aromatic nitrogens is 2. The fraction of sp³-hybridized carbons (Fsp3) is 0.400. The smallest absolute Gasteiger partial charge is 0.0624 e. The number of nitrogens with zero attached hydrogens (tertiary/aromatic N) is 2. The molecule has 0 saturated heterocycles. The van der Waals surface area contributed by atoms with Gasteiger partial charge in [0.2, 0.25) is 0 Å². The minimum absolute atomic E-state index is 0.0220. The minimum atomic E-state index is 0.0220. The third-order valence-electron chi connectivity index (χ3n) is 3.69. The van der Waals surface area contributed by atoms with Crippen LogP contribution in [0.2, 0.25) is 5.02 Å². The maximum absolute atomic E-state index is 6.19. The molecule has 1 aromatic carbocycles. The molecule has 5 heteroatoms. The van der Waals surface area contributed by atoms with E-state index >= 15 is 0 Å². The van der Waals surface area contributed by atoms with E-state index in [0.717, 1.165) is 40.4 Å². The molecule has 1 atom stereocenters. The van der Waals surface area contributed by atoms with Crippen LogP contribution in [0.25, 0.3) is 0 Å². The second-order valence-corrected chi connectivity index (χ2v) is 5.39. The Morgan fingerprint density at radius 3 is 2.80 bits per heavy atom. The molecule has 0 aliphatic rings. The molecule has 3 N–H and O–H groups in total. The Labute approximate surface area is 124 Å². The molecule has 0 aliphatic heterocycles. The molecular formula is C15H21ClN4. The molecule has 0 bridgehead atoms. The number of hydrazine groups is 1. The van der Waals surface area contributed by atoms with Crippen molar-refractivity contribution < 1.29 is 0 Å². The van der Waals surface area contributed by atoms with Crippen molar-refractivity contribution in [1.82, 2.24) is 15.2 Å². The highest BCUT2D eigenvalue weighted by molar-refractivity contribution is 6.31. The van der Waals surface area contributed by atoms with E-state index in [1.165, 1.54) is 0 Å². The summed E-state index contributed by atoms with van der Waals surface area (Å²) in [6.07, 6.45) is 1.71. The van der Waals surface area contributed by atoms with Crippen LogP contribution in [0.1, 0.15) is 35.5 Å². The number of nitrogens with one attached hydrogen (secondary N) is 1. The summed E-state index contributed by atoms with van der Waals surface area (Å²) in [5.41, 5.74) is 7.33. The van der Waals surface area contributed by atoms with Crippen LogP contribution in [-0.2, 0) is 19.9 Å². The highest BCUT2D eigenvalue weighted by Gasteiger charge is 2.16. The Hall–Kier alpha value is -1.36. The van der Waals surface area contributed by atoms with Gasteiger partial charge in [0.1, 0.15) is 0 Å². The van der Waals surface area contributed by atoms with Crippen molar-refractivity contribution in [2.75, 3.05) is 0 Å². The van der Waals surface area contributed by atoms with Crippen LogP contribution < -0.4 is 11.3 Å². The van der Waals surface area contributed by atoms with Gasteiger partial charge < -0.3 is 0 Å². The maximum atomic E-state index is 6.19. The molecule has 1 aromatic heterocycles. The Morgan fingerprint density at radius 2 is 2.20 bits per heavy atom. The van der Waals surface area contributed by atoms with Crippen LogP contribution in [-0.4, -0.2) is 9.78 Å². The van der Waals surface area contributed by atoms with Crippen molar-refractivity contribution in [3.8, 4) is 0 Å². The first kappa shape index (κ1) is 15.0. The van der Waals surface area contributed by atoms with Crippen molar-refractivity contribution in [3.63, 3.8) is 0 Å². The molecule has 0 radical (unpaired) electrons. The molecule has 0 saturated carbocycles. The number of hydrogen-bond donors (Lipinski definition) is 2. The van der Waals surface area contributed by atoms with Gasteiger partial charge in [-0.2, -0.15) is 5.10 Å². The van der Waals surface area contributed by atoms with Crippen LogP contribution in [0.5, 0.6) is 0 Å². The van der Waals surface area contributed by atoms with Crippen LogP contribution >= 0.6 is 11.6 Å². The summed E-state index contributed by atoms with van der Waals surface area (Å²) < 4.78 is 1.92. The van der Waals surface area contributed by atoms with E-state index in [-0.39, 0.29) is 6.04 Å². The van der Waals surface area contributed by atoms with E-state index in [1.807, 2.05) is 30.8 Å². The molecule has 2 aromatic rings. The third-order valence-corrected chi connectivity index (χ3v) is 4.10. The number of benzene rings is 1. The zero-order valence-corrected chi connectivity index (χ0v) is 12.9. The Bertz CT molecular complexity index is 592. The summed E-state index contributed by atoms with van der Waals surface area (Å²) in [4.78, 5) is 0. The van der Waals surface area contributed by atoms with Crippen LogP contribution in [0, 0.1) is 6.92 Å². The molecule has 4 nitrogen and oxygen atoms in total. The lowest BCUT2D eigenvalue weighted by molar-refractivity contribution is 0.528. The van der Waals surface area contributed by atoms with E-state index in [2.05, 4.69) is 29.6 Å². The second kappa shape index (κ2) is 6.39. The van der Waals surface area contributed by atoms with Gasteiger partial charge in [-0.15, -0.1) is 0 Å². The Morgan fingerprint density at radius 1 is 1.45 bits per heavy atom. The molecule has 108 valence electrons. The fourth-order valence-corrected chi connectivity index (χ4v) is 2.59. The maximum Gasteiger partial charge on any atom is 0.0624 e. The van der Waals surface area contributed by atoms with E-state index in [0.29, 0.717) is 0 Å². The van der Waals surface area contributed by atoms with Crippen molar-refractivity contribution in [1.29, 1.82) is 0 Å². The van der Waals surface area contributed by atoms with Gasteiger partial charge in [-0.1, -0.05) is 30.7 Å². The van der Waals surface area contributed by atoms with E-state index in [4.69, 9.17) is 17.4 Å². The van der Waals surface area contributed by atoms with Gasteiger partial charge in [-0.25, -0.2) is 0 Å². The lowest BCUT2D eigenvalue weighted by Gasteiger charge is -2.19. The molecule has 0 aliphatic carbocycles. The molecule has 1 heterocycles. The molecule has 20 heavy (non-hydrogen) atoms. The minimum Gasteiger partial charge on any atom is -0.272 e. The largest absolute Gasteiger partial charge is 0.272 e. The number of hydrogen-bond acceptors (Lipinski definition) is 3. The van der Waals surface area contributed by atoms with Gasteiger partial charge in [0, 0.05) is 24.2 Å². The fourth-order valence-electron chi connectivity index (χ4n) is 2.40. The first-order valence-electron chi connectivity index (χ1n) is 6.79. The predicted molar refractivity (Wildman–Crippen MR) is 82.5 cm³/mol. The van der Waals surface area contributed by atoms with Gasteiger partial charge in [0.05, 0.1) is 11.7 Å². The topological polar surface area (TPSA) is 55.9 Å². The van der Waals surface area contributed by atoms with Gasteiger partial charge >= 0.3 is 0 Å². The van der Waals surface area contributed by atoms with Crippen LogP contribution in [0.3, 0.4) is 0 Å². The van der Waals surface area contributed by atoms with E-state index in [1.54, 1.807) is 0 Å². The molecule has 0 amide bonds. The first-order chi connectivity index (χ1) is 9.56. The van der Waals surface area contributed by atoms with E-state index < -0.39 is 0 Å². The molecular weight excluding hydrogens is 272 g/mol. The monoisotopic (exact) mass is 292 g/mol. The van der Waals surface area contributed by atoms with Gasteiger partial charge in [-0.3, -0.25) is 16.0 Å². The van der Waals surface area contributed by atoms with Crippen molar-refractivity contribution in [3.05, 3.63) is 51.8 Å². The highest BCUT2D eigenvalue weighted by Crippen LogP contribution is 2.26. The summed E-state index contributed by atoms with van der Waals surface area (Å²) in [7, 11) is 1.97. The average Bonchev–Trinajstić information content (AvgIpc) is 2.80. The zero-order chi connectivity index (χ0) is 14.7. The number of rotatable bonds is 5. The Kier molecular flexibility index (Phi) is 4.81. The standard InChI is InChI=1S/C15H21ClN4/c1-4-11-8-12(20(3)19-11)9-15(18-17)13-6-5-7-14(16)10(13)2/h5-8,15,18H,4,9,17H2,1-3H3. The summed E-state index contributed by atoms with van der Waals surface area (Å²) in [6.45, 7) is 4.12. The normalized spacial score (nSPS) is 12.7. The SMILES string of the molecule is CCc1cc(CC(NN)c2cccc(Cl)c2C)n(C)n1. The number of nitrogens with two attached hydrogens (primary N) is 1. The summed E-state index contributed by atoms with van der Waals surface area (Å²) in [6, 6.07) is 8.06. The third kappa shape index (κ3) is 3.03. The predicted octanol–water partition coefficient (Wildman–Crippen LogP) is 2.69. The summed E-state index contributed by atoms with van der Waals surface area (Å²) in [5.74, 6) is 5.74. The van der Waals surface area contributed by atoms with Gasteiger partial charge in [0.25, 0.3) is 0 Å². The summed E-state index contributed by atoms with van der Waals surface area (Å²) in [5, 5.41) is 5.24. The van der Waals surface area contributed by atoms with Crippen molar-refractivity contribution in [2.45, 2.75) is 32.7 Å². The molecule has 1 unspecified atom stereocenters. The second-order valence-electron chi connectivity index (χ2n) is 4.98. The lowest BCUT2D eigenvalue weighted by atomic mass is 9.98. The zero-order valence-electron chi connectivity index (χ0n) is 12.2. The molecule has 0 fully saturated rings. The number of halogens is 1. The van der Waals surface area contributed by atoms with Gasteiger partial charge in [0.15, 0.2) is 0 Å². The van der Waals surface area contributed by atoms with Crippen LogP contribution in [0.4, 0.5) is 0 Å². The highest BCUT2D eigenvalue weighted by atomic mass is 35.5. The quantitative estimate of drug-likeness (QED) is 0.658. The molecule has 2 rings (SSSR count). The van der Waals surface area contributed by atoms with Gasteiger partial charge in [-0.05, 0) is 36.6 Å². The summed E-state index contributed by atoms with van der Waals surface area (Å²) >= 11 is 6.19. The average molecular weight is 293 g/mol. The lowest BCUT2D eigenvalue weighted by Crippen LogP contribution is -2.30. The first-order valence-corrected chi connectivity index (χ1v) is 7.17. The van der Waals surface area contributed by atoms with Crippen molar-refractivity contribution >= 4 is 11.6 Å². The number of aryl methyl sites for hydroxylation is 2. The Balaban J connectivity index is 2.28. The van der Waals surface area contributed by atoms with Crippen molar-refractivity contribution in [2.24, 2.45) is 12.9 Å². The molecule has 0 spiro atoms.